The summed E-state index contributed by atoms with van der Waals surface area (Å²) in [5.74, 6) is -0.405. The zero-order valence-corrected chi connectivity index (χ0v) is 5.79. The number of aliphatic hydroxyl groups is 2. The van der Waals surface area contributed by atoms with Crippen LogP contribution in [-0.4, -0.2) is 28.2 Å². The summed E-state index contributed by atoms with van der Waals surface area (Å²) in [7, 11) is 0. The predicted octanol–water partition coefficient (Wildman–Crippen LogP) is -0.149. The fourth-order valence-electron chi connectivity index (χ4n) is 1.18. The van der Waals surface area contributed by atoms with Crippen molar-refractivity contribution in [3.05, 3.63) is 0 Å². The number of Topliss-reactive ketones (excluding diaryl/α,β-unsaturated/α-hetero) is 1. The van der Waals surface area contributed by atoms with Gasteiger partial charge in [0.2, 0.25) is 0 Å². The average molecular weight is 144 g/mol. The molecule has 0 heterocycles. The smallest absolute Gasteiger partial charge is 0.189 e. The third-order valence-electron chi connectivity index (χ3n) is 1.86. The summed E-state index contributed by atoms with van der Waals surface area (Å²) >= 11 is 0. The van der Waals surface area contributed by atoms with Gasteiger partial charge in [-0.1, -0.05) is 12.8 Å². The molecule has 1 saturated carbocycles. The molecular formula is C7H12O3. The second-order valence-electron chi connectivity index (χ2n) is 2.72. The number of carbonyl (C=O) groups is 1. The van der Waals surface area contributed by atoms with E-state index in [0.717, 1.165) is 12.8 Å². The second kappa shape index (κ2) is 3.12. The number of carbonyl (C=O) groups excluding carboxylic acids is 1. The summed E-state index contributed by atoms with van der Waals surface area (Å²) < 4.78 is 0. The Kier molecular flexibility index (Phi) is 2.40. The first-order valence-electron chi connectivity index (χ1n) is 3.61. The standard InChI is InChI=1S/C7H12O3/c8-5-3-1-2-4-6(9)7(5)10/h5-6,8-9H,1-4H2/t5-,6+. The lowest BCUT2D eigenvalue weighted by molar-refractivity contribution is -0.135. The van der Waals surface area contributed by atoms with Gasteiger partial charge in [0.05, 0.1) is 0 Å². The average Bonchev–Trinajstić information content (AvgIpc) is 2.04. The van der Waals surface area contributed by atoms with Crippen LogP contribution in [0.5, 0.6) is 0 Å². The molecule has 1 aliphatic rings. The zero-order chi connectivity index (χ0) is 7.56. The van der Waals surface area contributed by atoms with E-state index in [0.29, 0.717) is 12.8 Å². The van der Waals surface area contributed by atoms with Gasteiger partial charge in [-0.2, -0.15) is 0 Å². The molecular weight excluding hydrogens is 132 g/mol. The third kappa shape index (κ3) is 1.55. The Bertz CT molecular complexity index is 119. The van der Waals surface area contributed by atoms with Gasteiger partial charge in [-0.15, -0.1) is 0 Å². The molecule has 3 heteroatoms. The fourth-order valence-corrected chi connectivity index (χ4v) is 1.18. The minimum atomic E-state index is -0.919. The van der Waals surface area contributed by atoms with Gasteiger partial charge in [0.1, 0.15) is 12.2 Å². The number of hydrogen-bond acceptors (Lipinski definition) is 3. The summed E-state index contributed by atoms with van der Waals surface area (Å²) in [6.07, 6.45) is 0.856. The second-order valence-corrected chi connectivity index (χ2v) is 2.72. The van der Waals surface area contributed by atoms with E-state index in [1.165, 1.54) is 0 Å². The van der Waals surface area contributed by atoms with Gasteiger partial charge in [-0.05, 0) is 12.8 Å². The Labute approximate surface area is 59.7 Å². The third-order valence-corrected chi connectivity index (χ3v) is 1.86. The molecule has 0 bridgehead atoms. The van der Waals surface area contributed by atoms with E-state index in [1.54, 1.807) is 0 Å². The van der Waals surface area contributed by atoms with Crippen LogP contribution in [0, 0.1) is 0 Å². The Morgan fingerprint density at radius 1 is 1.10 bits per heavy atom. The SMILES string of the molecule is O=C1[C@H](O)CCCC[C@@H]1O. The van der Waals surface area contributed by atoms with Crippen LogP contribution in [0.15, 0.2) is 0 Å². The summed E-state index contributed by atoms with van der Waals surface area (Å²) in [6, 6.07) is 0. The minimum absolute atomic E-state index is 0.405. The van der Waals surface area contributed by atoms with Gasteiger partial charge < -0.3 is 10.2 Å². The zero-order valence-electron chi connectivity index (χ0n) is 5.79. The first-order chi connectivity index (χ1) is 4.72. The summed E-state index contributed by atoms with van der Waals surface area (Å²) in [6.45, 7) is 0. The first kappa shape index (κ1) is 7.69. The van der Waals surface area contributed by atoms with Crippen LogP contribution in [0.1, 0.15) is 25.7 Å². The molecule has 0 aromatic carbocycles. The number of rotatable bonds is 0. The molecule has 0 radical (unpaired) electrons. The molecule has 0 unspecified atom stereocenters. The van der Waals surface area contributed by atoms with E-state index >= 15 is 0 Å². The Morgan fingerprint density at radius 3 is 1.90 bits per heavy atom. The predicted molar refractivity (Wildman–Crippen MR) is 35.5 cm³/mol. The normalized spacial score (nSPS) is 35.6. The number of hydrogen-bond donors (Lipinski definition) is 2. The summed E-state index contributed by atoms with van der Waals surface area (Å²) in [4.78, 5) is 10.8. The molecule has 2 atom stereocenters. The van der Waals surface area contributed by atoms with Crippen molar-refractivity contribution in [1.29, 1.82) is 0 Å². The van der Waals surface area contributed by atoms with Crippen LogP contribution in [0.3, 0.4) is 0 Å². The lowest BCUT2D eigenvalue weighted by atomic mass is 10.1. The molecule has 1 fully saturated rings. The molecule has 0 aromatic rings. The molecule has 0 aliphatic heterocycles. The van der Waals surface area contributed by atoms with Gasteiger partial charge >= 0.3 is 0 Å². The van der Waals surface area contributed by atoms with E-state index < -0.39 is 18.0 Å². The van der Waals surface area contributed by atoms with E-state index in [-0.39, 0.29) is 0 Å². The number of ketones is 1. The number of aliphatic hydroxyl groups excluding tert-OH is 2. The van der Waals surface area contributed by atoms with Crippen molar-refractivity contribution >= 4 is 5.78 Å². The van der Waals surface area contributed by atoms with Crippen LogP contribution < -0.4 is 0 Å². The van der Waals surface area contributed by atoms with Gasteiger partial charge in [0, 0.05) is 0 Å². The van der Waals surface area contributed by atoms with Crippen molar-refractivity contribution in [3.63, 3.8) is 0 Å². The molecule has 0 amide bonds. The maximum atomic E-state index is 10.8. The maximum Gasteiger partial charge on any atom is 0.189 e. The summed E-state index contributed by atoms with van der Waals surface area (Å²) in [5, 5.41) is 18.0. The van der Waals surface area contributed by atoms with E-state index in [1.807, 2.05) is 0 Å². The molecule has 58 valence electrons. The lowest BCUT2D eigenvalue weighted by Crippen LogP contribution is -2.29. The van der Waals surface area contributed by atoms with Crippen LogP contribution in [0.4, 0.5) is 0 Å². The molecule has 1 aliphatic carbocycles. The van der Waals surface area contributed by atoms with Crippen molar-refractivity contribution in [1.82, 2.24) is 0 Å². The van der Waals surface area contributed by atoms with Crippen molar-refractivity contribution < 1.29 is 15.0 Å². The van der Waals surface area contributed by atoms with E-state index in [4.69, 9.17) is 10.2 Å². The lowest BCUT2D eigenvalue weighted by Gasteiger charge is -2.07. The van der Waals surface area contributed by atoms with Crippen LogP contribution >= 0.6 is 0 Å². The van der Waals surface area contributed by atoms with Crippen LogP contribution in [-0.2, 0) is 4.79 Å². The topological polar surface area (TPSA) is 57.5 Å². The van der Waals surface area contributed by atoms with Crippen LogP contribution in [0.2, 0.25) is 0 Å². The molecule has 0 spiro atoms. The highest BCUT2D eigenvalue weighted by atomic mass is 16.3. The Balaban J connectivity index is 2.55. The highest BCUT2D eigenvalue weighted by molar-refractivity contribution is 5.87. The molecule has 0 saturated heterocycles. The van der Waals surface area contributed by atoms with Crippen molar-refractivity contribution in [2.75, 3.05) is 0 Å². The molecule has 1 rings (SSSR count). The summed E-state index contributed by atoms with van der Waals surface area (Å²) in [5.41, 5.74) is 0. The van der Waals surface area contributed by atoms with E-state index in [2.05, 4.69) is 0 Å². The quantitative estimate of drug-likeness (QED) is 0.465. The van der Waals surface area contributed by atoms with Gasteiger partial charge in [-0.25, -0.2) is 0 Å². The van der Waals surface area contributed by atoms with Crippen LogP contribution in [0.25, 0.3) is 0 Å². The highest BCUT2D eigenvalue weighted by Gasteiger charge is 2.25. The molecule has 0 aromatic heterocycles. The molecule has 3 nitrogen and oxygen atoms in total. The molecule has 10 heavy (non-hydrogen) atoms. The highest BCUT2D eigenvalue weighted by Crippen LogP contribution is 2.14. The largest absolute Gasteiger partial charge is 0.385 e. The maximum absolute atomic E-state index is 10.8. The monoisotopic (exact) mass is 144 g/mol. The Hall–Kier alpha value is -0.410. The minimum Gasteiger partial charge on any atom is -0.385 e. The van der Waals surface area contributed by atoms with E-state index in [9.17, 15) is 4.79 Å². The first-order valence-corrected chi connectivity index (χ1v) is 3.61. The Morgan fingerprint density at radius 2 is 1.50 bits per heavy atom. The van der Waals surface area contributed by atoms with Crippen molar-refractivity contribution in [2.24, 2.45) is 0 Å². The molecule has 2 N–H and O–H groups in total. The van der Waals surface area contributed by atoms with Gasteiger partial charge in [0.25, 0.3) is 0 Å². The van der Waals surface area contributed by atoms with Crippen molar-refractivity contribution in [2.45, 2.75) is 37.9 Å². The van der Waals surface area contributed by atoms with Crippen molar-refractivity contribution in [3.8, 4) is 0 Å². The van der Waals surface area contributed by atoms with Gasteiger partial charge in [-0.3, -0.25) is 4.79 Å². The fraction of sp³-hybridized carbons (Fsp3) is 0.857. The van der Waals surface area contributed by atoms with Gasteiger partial charge in [0.15, 0.2) is 5.78 Å².